The number of aliphatic hydroxyl groups is 2. The van der Waals surface area contributed by atoms with E-state index in [9.17, 15) is 24.6 Å². The van der Waals surface area contributed by atoms with E-state index >= 15 is 0 Å². The summed E-state index contributed by atoms with van der Waals surface area (Å²) in [7, 11) is 0. The number of ketones is 1. The van der Waals surface area contributed by atoms with E-state index in [1.165, 1.54) is 6.92 Å². The smallest absolute Gasteiger partial charge is 0.308 e. The largest absolute Gasteiger partial charge is 0.461 e. The molecule has 1 unspecified atom stereocenters. The zero-order valence-corrected chi connectivity index (χ0v) is 20.6. The van der Waals surface area contributed by atoms with Gasteiger partial charge in [0.15, 0.2) is 5.78 Å². The maximum absolute atomic E-state index is 13.1. The van der Waals surface area contributed by atoms with Crippen LogP contribution in [-0.2, 0) is 23.9 Å². The molecule has 0 amide bonds. The summed E-state index contributed by atoms with van der Waals surface area (Å²) < 4.78 is 11.4. The van der Waals surface area contributed by atoms with Crippen LogP contribution in [0.25, 0.3) is 0 Å². The monoisotopic (exact) mass is 460 g/mol. The molecule has 0 radical (unpaired) electrons. The Balaban J connectivity index is 1.84. The van der Waals surface area contributed by atoms with Crippen molar-refractivity contribution in [2.45, 2.75) is 78.1 Å². The van der Waals surface area contributed by atoms with Gasteiger partial charge in [-0.2, -0.15) is 0 Å². The minimum Gasteiger partial charge on any atom is -0.461 e. The van der Waals surface area contributed by atoms with Crippen LogP contribution in [0.15, 0.2) is 23.3 Å². The molecule has 4 aliphatic carbocycles. The molecule has 4 rings (SSSR count). The molecule has 0 aromatic rings. The Hall–Kier alpha value is -1.99. The number of ether oxygens (including phenoxy) is 2. The fourth-order valence-corrected chi connectivity index (χ4v) is 7.08. The minimum atomic E-state index is -1.80. The Kier molecular flexibility index (Phi) is 5.31. The molecule has 2 N–H and O–H groups in total. The van der Waals surface area contributed by atoms with Gasteiger partial charge in [-0.1, -0.05) is 46.8 Å². The van der Waals surface area contributed by atoms with Gasteiger partial charge in [0.2, 0.25) is 0 Å². The van der Waals surface area contributed by atoms with Crippen molar-refractivity contribution in [3.05, 3.63) is 23.3 Å². The second-order valence-electron chi connectivity index (χ2n) is 11.5. The van der Waals surface area contributed by atoms with E-state index in [2.05, 4.69) is 0 Å². The molecule has 2 fully saturated rings. The van der Waals surface area contributed by atoms with Gasteiger partial charge in [-0.25, -0.2) is 0 Å². The maximum Gasteiger partial charge on any atom is 0.308 e. The number of Topliss-reactive ketones (excluding diaryl/α,β-unsaturated/α-hetero) is 1. The minimum absolute atomic E-state index is 0.0188. The molecule has 0 spiro atoms. The SMILES string of the molecule is CC(=O)OCC1=C[C@H]2[C@@H]3C(C)(C)[C@]3(OC(=O)C(C)C)C[C@@H](C)[C@]2(O)C2C=C(C)C(=O)[C@@]2(O)C1. The lowest BCUT2D eigenvalue weighted by atomic mass is 9.60. The number of fused-ring (bicyclic) bond motifs is 5. The first-order chi connectivity index (χ1) is 15.1. The van der Waals surface area contributed by atoms with Crippen molar-refractivity contribution >= 4 is 17.7 Å². The molecule has 2 saturated carbocycles. The Labute approximate surface area is 195 Å². The van der Waals surface area contributed by atoms with Gasteiger partial charge in [0.1, 0.15) is 17.8 Å². The fourth-order valence-electron chi connectivity index (χ4n) is 7.08. The molecule has 0 heterocycles. The lowest BCUT2D eigenvalue weighted by Gasteiger charge is -2.50. The van der Waals surface area contributed by atoms with E-state index in [1.807, 2.05) is 26.8 Å². The van der Waals surface area contributed by atoms with Gasteiger partial charge >= 0.3 is 11.9 Å². The van der Waals surface area contributed by atoms with E-state index in [-0.39, 0.29) is 36.8 Å². The van der Waals surface area contributed by atoms with Crippen LogP contribution in [0.2, 0.25) is 0 Å². The third kappa shape index (κ3) is 3.11. The lowest BCUT2D eigenvalue weighted by molar-refractivity contribution is -0.188. The number of carbonyl (C=O) groups is 3. The third-order valence-corrected chi connectivity index (χ3v) is 8.89. The predicted octanol–water partition coefficient (Wildman–Crippen LogP) is 2.74. The number of carbonyl (C=O) groups excluding carboxylic acids is 3. The molecule has 7 heteroatoms. The van der Waals surface area contributed by atoms with Gasteiger partial charge < -0.3 is 19.7 Å². The highest BCUT2D eigenvalue weighted by molar-refractivity contribution is 6.04. The van der Waals surface area contributed by atoms with Gasteiger partial charge in [-0.3, -0.25) is 14.4 Å². The first-order valence-corrected chi connectivity index (χ1v) is 11.9. The number of hydrogen-bond donors (Lipinski definition) is 2. The van der Waals surface area contributed by atoms with Crippen molar-refractivity contribution in [3.63, 3.8) is 0 Å². The van der Waals surface area contributed by atoms with Crippen molar-refractivity contribution in [1.29, 1.82) is 0 Å². The molecule has 182 valence electrons. The van der Waals surface area contributed by atoms with Crippen LogP contribution in [-0.4, -0.2) is 51.3 Å². The second kappa shape index (κ2) is 7.25. The molecule has 7 nitrogen and oxygen atoms in total. The standard InChI is InChI=1S/C26H36O7/c1-13(2)22(29)33-25-10-15(4)26(31)18(20(25)23(25,6)7)9-17(12-32-16(5)27)11-24(30)19(26)8-14(3)21(24)28/h8-9,13,15,18-20,30-31H,10-12H2,1-7H3/t15-,18+,19?,20-,24-,25+,26-/m1/s1. The molecule has 0 aromatic carbocycles. The lowest BCUT2D eigenvalue weighted by Crippen LogP contribution is -2.61. The first-order valence-electron chi connectivity index (χ1n) is 11.9. The van der Waals surface area contributed by atoms with E-state index < -0.39 is 45.8 Å². The molecule has 0 aliphatic heterocycles. The second-order valence-corrected chi connectivity index (χ2v) is 11.5. The highest BCUT2D eigenvalue weighted by Gasteiger charge is 2.83. The Morgan fingerprint density at radius 1 is 1.21 bits per heavy atom. The van der Waals surface area contributed by atoms with Crippen LogP contribution in [0.4, 0.5) is 0 Å². The van der Waals surface area contributed by atoms with Crippen LogP contribution in [0, 0.1) is 35.0 Å². The summed E-state index contributed by atoms with van der Waals surface area (Å²) in [5.41, 5.74) is -3.36. The van der Waals surface area contributed by atoms with Crippen LogP contribution < -0.4 is 0 Å². The van der Waals surface area contributed by atoms with Crippen molar-refractivity contribution in [2.24, 2.45) is 35.0 Å². The van der Waals surface area contributed by atoms with Gasteiger partial charge in [0.25, 0.3) is 0 Å². The molecule has 7 atom stereocenters. The quantitative estimate of drug-likeness (QED) is 0.490. The van der Waals surface area contributed by atoms with Gasteiger partial charge in [-0.05, 0) is 30.4 Å². The van der Waals surface area contributed by atoms with Gasteiger partial charge in [-0.15, -0.1) is 0 Å². The third-order valence-electron chi connectivity index (χ3n) is 8.89. The molecule has 33 heavy (non-hydrogen) atoms. The summed E-state index contributed by atoms with van der Waals surface area (Å²) in [5.74, 6) is -3.28. The van der Waals surface area contributed by atoms with E-state index in [4.69, 9.17) is 9.47 Å². The van der Waals surface area contributed by atoms with Crippen molar-refractivity contribution in [1.82, 2.24) is 0 Å². The van der Waals surface area contributed by atoms with Crippen molar-refractivity contribution in [3.8, 4) is 0 Å². The van der Waals surface area contributed by atoms with Crippen LogP contribution in [0.3, 0.4) is 0 Å². The van der Waals surface area contributed by atoms with E-state index in [0.29, 0.717) is 17.6 Å². The van der Waals surface area contributed by atoms with Gasteiger partial charge in [0.05, 0.1) is 11.5 Å². The Morgan fingerprint density at radius 2 is 1.85 bits per heavy atom. The average molecular weight is 461 g/mol. The molecular formula is C26H36O7. The molecular weight excluding hydrogens is 424 g/mol. The topological polar surface area (TPSA) is 110 Å². The fraction of sp³-hybridized carbons (Fsp3) is 0.731. The first kappa shape index (κ1) is 24.1. The van der Waals surface area contributed by atoms with Crippen LogP contribution >= 0.6 is 0 Å². The Morgan fingerprint density at radius 3 is 2.42 bits per heavy atom. The summed E-state index contributed by atoms with van der Waals surface area (Å²) in [6, 6.07) is 0. The van der Waals surface area contributed by atoms with E-state index in [0.717, 1.165) is 0 Å². The summed E-state index contributed by atoms with van der Waals surface area (Å²) in [4.78, 5) is 37.3. The number of hydrogen-bond acceptors (Lipinski definition) is 7. The van der Waals surface area contributed by atoms with Crippen molar-refractivity contribution < 1.29 is 34.1 Å². The van der Waals surface area contributed by atoms with Crippen molar-refractivity contribution in [2.75, 3.05) is 6.61 Å². The van der Waals surface area contributed by atoms with Gasteiger partial charge in [0, 0.05) is 36.5 Å². The molecule has 0 bridgehead atoms. The predicted molar refractivity (Wildman–Crippen MR) is 120 cm³/mol. The summed E-state index contributed by atoms with van der Waals surface area (Å²) in [6.45, 7) is 12.5. The Bertz CT molecular complexity index is 975. The summed E-state index contributed by atoms with van der Waals surface area (Å²) >= 11 is 0. The zero-order chi connectivity index (χ0) is 24.7. The molecule has 4 aliphatic rings. The van der Waals surface area contributed by atoms with Crippen LogP contribution in [0.1, 0.15) is 61.3 Å². The molecule has 0 saturated heterocycles. The normalized spacial score (nSPS) is 42.9. The van der Waals surface area contributed by atoms with Crippen LogP contribution in [0.5, 0.6) is 0 Å². The summed E-state index contributed by atoms with van der Waals surface area (Å²) in [5, 5.41) is 24.0. The molecule has 0 aromatic heterocycles. The van der Waals surface area contributed by atoms with E-state index in [1.54, 1.807) is 26.8 Å². The highest BCUT2D eigenvalue weighted by atomic mass is 16.6. The highest BCUT2D eigenvalue weighted by Crippen LogP contribution is 2.76. The zero-order valence-electron chi connectivity index (χ0n) is 20.6. The maximum atomic E-state index is 13.1. The number of esters is 2. The summed E-state index contributed by atoms with van der Waals surface area (Å²) in [6.07, 6.45) is 4.01. The average Bonchev–Trinajstić information content (AvgIpc) is 3.11. The number of rotatable bonds is 4.